The Labute approximate surface area is 111 Å². The van der Waals surface area contributed by atoms with Gasteiger partial charge in [0.05, 0.1) is 12.8 Å². The second kappa shape index (κ2) is 6.00. The van der Waals surface area contributed by atoms with Crippen LogP contribution in [-0.2, 0) is 16.0 Å². The topological polar surface area (TPSA) is 48.3 Å². The third-order valence-electron chi connectivity index (χ3n) is 3.01. The van der Waals surface area contributed by atoms with Gasteiger partial charge in [0.1, 0.15) is 6.04 Å². The molecule has 98 valence electrons. The first-order chi connectivity index (χ1) is 9.26. The van der Waals surface area contributed by atoms with Crippen molar-refractivity contribution in [2.24, 2.45) is 0 Å². The number of ether oxygens (including phenoxy) is 1. The van der Waals surface area contributed by atoms with Crippen LogP contribution in [0.5, 0.6) is 0 Å². The molecule has 1 aromatic heterocycles. The minimum absolute atomic E-state index is 0.358. The van der Waals surface area contributed by atoms with E-state index in [1.807, 2.05) is 30.3 Å². The number of aromatic nitrogens is 1. The van der Waals surface area contributed by atoms with Gasteiger partial charge in [-0.05, 0) is 17.7 Å². The van der Waals surface area contributed by atoms with Crippen molar-refractivity contribution in [1.82, 2.24) is 4.57 Å². The molecule has 0 aliphatic heterocycles. The van der Waals surface area contributed by atoms with Gasteiger partial charge in [0.25, 0.3) is 0 Å². The van der Waals surface area contributed by atoms with E-state index in [-0.39, 0.29) is 5.97 Å². The summed E-state index contributed by atoms with van der Waals surface area (Å²) < 4.78 is 6.48. The van der Waals surface area contributed by atoms with Crippen molar-refractivity contribution in [3.63, 3.8) is 0 Å². The number of methoxy groups -OCH3 is 1. The molecule has 0 bridgehead atoms. The van der Waals surface area contributed by atoms with Crippen molar-refractivity contribution in [2.45, 2.75) is 12.5 Å². The Hall–Kier alpha value is -2.36. The lowest BCUT2D eigenvalue weighted by atomic mass is 10.1. The molecular weight excluding hydrogens is 242 g/mol. The lowest BCUT2D eigenvalue weighted by molar-refractivity contribution is -0.144. The van der Waals surface area contributed by atoms with Gasteiger partial charge < -0.3 is 9.30 Å². The van der Waals surface area contributed by atoms with E-state index < -0.39 is 6.04 Å². The first kappa shape index (κ1) is 13.1. The van der Waals surface area contributed by atoms with E-state index in [1.165, 1.54) is 7.11 Å². The van der Waals surface area contributed by atoms with Crippen LogP contribution in [0.2, 0.25) is 0 Å². The van der Waals surface area contributed by atoms with Crippen LogP contribution in [-0.4, -0.2) is 23.9 Å². The molecule has 2 rings (SSSR count). The molecule has 0 aliphatic rings. The van der Waals surface area contributed by atoms with Gasteiger partial charge in [0.2, 0.25) is 0 Å². The summed E-state index contributed by atoms with van der Waals surface area (Å²) in [4.78, 5) is 22.9. The molecule has 1 heterocycles. The predicted molar refractivity (Wildman–Crippen MR) is 71.0 cm³/mol. The first-order valence-corrected chi connectivity index (χ1v) is 6.00. The maximum absolute atomic E-state index is 11.9. The average molecular weight is 257 g/mol. The number of rotatable bonds is 5. The maximum Gasteiger partial charge on any atom is 0.329 e. The predicted octanol–water partition coefficient (Wildman–Crippen LogP) is 2.26. The Bertz CT molecular complexity index is 560. The van der Waals surface area contributed by atoms with E-state index in [2.05, 4.69) is 0 Å². The molecular formula is C15H15NO3. The summed E-state index contributed by atoms with van der Waals surface area (Å²) in [6, 6.07) is 12.5. The number of benzene rings is 1. The van der Waals surface area contributed by atoms with Crippen molar-refractivity contribution < 1.29 is 14.3 Å². The average Bonchev–Trinajstić information content (AvgIpc) is 2.93. The fourth-order valence-corrected chi connectivity index (χ4v) is 2.06. The zero-order valence-corrected chi connectivity index (χ0v) is 10.7. The summed E-state index contributed by atoms with van der Waals surface area (Å²) in [7, 11) is 1.35. The number of hydrogen-bond acceptors (Lipinski definition) is 3. The molecule has 0 amide bonds. The molecule has 4 heteroatoms. The van der Waals surface area contributed by atoms with Gasteiger partial charge in [-0.2, -0.15) is 0 Å². The molecule has 2 aromatic rings. The molecule has 0 aliphatic carbocycles. The quantitative estimate of drug-likeness (QED) is 0.609. The van der Waals surface area contributed by atoms with Gasteiger partial charge in [-0.3, -0.25) is 4.79 Å². The second-order valence-corrected chi connectivity index (χ2v) is 4.19. The lowest BCUT2D eigenvalue weighted by Crippen LogP contribution is -2.24. The van der Waals surface area contributed by atoms with Crippen LogP contribution in [0.25, 0.3) is 0 Å². The van der Waals surface area contributed by atoms with Crippen LogP contribution >= 0.6 is 0 Å². The molecule has 19 heavy (non-hydrogen) atoms. The van der Waals surface area contributed by atoms with Gasteiger partial charge in [-0.1, -0.05) is 30.3 Å². The number of carbonyl (C=O) groups excluding carboxylic acids is 2. The van der Waals surface area contributed by atoms with E-state index in [9.17, 15) is 9.59 Å². The number of carbonyl (C=O) groups is 2. The summed E-state index contributed by atoms with van der Waals surface area (Å²) in [6.45, 7) is 0. The SMILES string of the molecule is COC(=O)[C@H](Cc1ccccc1)n1cccc1C=O. The van der Waals surface area contributed by atoms with Crippen molar-refractivity contribution >= 4 is 12.3 Å². The standard InChI is InChI=1S/C15H15NO3/c1-19-15(18)14(10-12-6-3-2-4-7-12)16-9-5-8-13(16)11-17/h2-9,11,14H,10H2,1H3/t14-/m0/s1. The molecule has 0 N–H and O–H groups in total. The Morgan fingerprint density at radius 1 is 1.26 bits per heavy atom. The van der Waals surface area contributed by atoms with Gasteiger partial charge >= 0.3 is 5.97 Å². The van der Waals surface area contributed by atoms with Crippen LogP contribution in [0, 0.1) is 0 Å². The Morgan fingerprint density at radius 2 is 2.00 bits per heavy atom. The van der Waals surface area contributed by atoms with Crippen LogP contribution in [0.15, 0.2) is 48.7 Å². The largest absolute Gasteiger partial charge is 0.467 e. The van der Waals surface area contributed by atoms with Crippen LogP contribution in [0.4, 0.5) is 0 Å². The normalized spacial score (nSPS) is 11.8. The third kappa shape index (κ3) is 2.91. The zero-order valence-electron chi connectivity index (χ0n) is 10.7. The molecule has 0 saturated heterocycles. The number of hydrogen-bond donors (Lipinski definition) is 0. The summed E-state index contributed by atoms with van der Waals surface area (Å²) in [5.74, 6) is -0.358. The number of aldehydes is 1. The zero-order chi connectivity index (χ0) is 13.7. The molecule has 1 atom stereocenters. The fourth-order valence-electron chi connectivity index (χ4n) is 2.06. The maximum atomic E-state index is 11.9. The first-order valence-electron chi connectivity index (χ1n) is 6.00. The highest BCUT2D eigenvalue weighted by Crippen LogP contribution is 2.18. The van der Waals surface area contributed by atoms with E-state index >= 15 is 0 Å². The van der Waals surface area contributed by atoms with Gasteiger partial charge in [-0.25, -0.2) is 4.79 Å². The minimum atomic E-state index is -0.525. The summed E-state index contributed by atoms with van der Waals surface area (Å²) in [6.07, 6.45) is 2.94. The third-order valence-corrected chi connectivity index (χ3v) is 3.01. The Balaban J connectivity index is 2.32. The summed E-state index contributed by atoms with van der Waals surface area (Å²) in [5, 5.41) is 0. The van der Waals surface area contributed by atoms with E-state index in [4.69, 9.17) is 4.74 Å². The molecule has 0 radical (unpaired) electrons. The summed E-state index contributed by atoms with van der Waals surface area (Å²) >= 11 is 0. The van der Waals surface area contributed by atoms with Gasteiger partial charge in [0.15, 0.2) is 6.29 Å². The number of esters is 1. The molecule has 0 fully saturated rings. The second-order valence-electron chi connectivity index (χ2n) is 4.19. The van der Waals surface area contributed by atoms with E-state index in [0.29, 0.717) is 12.1 Å². The van der Waals surface area contributed by atoms with Gasteiger partial charge in [0, 0.05) is 12.6 Å². The van der Waals surface area contributed by atoms with Crippen LogP contribution < -0.4 is 0 Å². The van der Waals surface area contributed by atoms with Crippen LogP contribution in [0.3, 0.4) is 0 Å². The van der Waals surface area contributed by atoms with Crippen molar-refractivity contribution in [3.8, 4) is 0 Å². The Morgan fingerprint density at radius 3 is 2.63 bits per heavy atom. The van der Waals surface area contributed by atoms with E-state index in [0.717, 1.165) is 11.8 Å². The highest BCUT2D eigenvalue weighted by atomic mass is 16.5. The molecule has 1 aromatic carbocycles. The lowest BCUT2D eigenvalue weighted by Gasteiger charge is -2.18. The van der Waals surface area contributed by atoms with Crippen LogP contribution in [0.1, 0.15) is 22.1 Å². The van der Waals surface area contributed by atoms with Crippen molar-refractivity contribution in [3.05, 3.63) is 59.9 Å². The molecule has 0 saturated carbocycles. The highest BCUT2D eigenvalue weighted by Gasteiger charge is 2.22. The van der Waals surface area contributed by atoms with Gasteiger partial charge in [-0.15, -0.1) is 0 Å². The molecule has 4 nitrogen and oxygen atoms in total. The highest BCUT2D eigenvalue weighted by molar-refractivity contribution is 5.78. The Kier molecular flexibility index (Phi) is 4.13. The fraction of sp³-hybridized carbons (Fsp3) is 0.200. The monoisotopic (exact) mass is 257 g/mol. The van der Waals surface area contributed by atoms with E-state index in [1.54, 1.807) is 22.9 Å². The van der Waals surface area contributed by atoms with Crippen molar-refractivity contribution in [2.75, 3.05) is 7.11 Å². The smallest absolute Gasteiger partial charge is 0.329 e. The number of nitrogens with zero attached hydrogens (tertiary/aromatic N) is 1. The molecule has 0 spiro atoms. The minimum Gasteiger partial charge on any atom is -0.467 e. The van der Waals surface area contributed by atoms with Crippen molar-refractivity contribution in [1.29, 1.82) is 0 Å². The summed E-state index contributed by atoms with van der Waals surface area (Å²) in [5.41, 5.74) is 1.48. The molecule has 0 unspecified atom stereocenters.